The maximum absolute atomic E-state index is 11.8. The van der Waals surface area contributed by atoms with Crippen molar-refractivity contribution in [1.29, 1.82) is 0 Å². The predicted octanol–water partition coefficient (Wildman–Crippen LogP) is 0.374. The first kappa shape index (κ1) is 13.0. The molecule has 16 heavy (non-hydrogen) atoms. The zero-order chi connectivity index (χ0) is 12.3. The second-order valence-corrected chi connectivity index (χ2v) is 5.02. The van der Waals surface area contributed by atoms with Gasteiger partial charge in [0.15, 0.2) is 0 Å². The zero-order valence-corrected chi connectivity index (χ0v) is 9.69. The molecule has 0 aliphatic heterocycles. The number of carbonyl (C=O) groups is 2. The molecule has 5 nitrogen and oxygen atoms in total. The van der Waals surface area contributed by atoms with Crippen LogP contribution in [0, 0.1) is 11.3 Å². The summed E-state index contributed by atoms with van der Waals surface area (Å²) in [6.07, 6.45) is 2.75. The number of amides is 1. The topological polar surface area (TPSA) is 86.6 Å². The molecule has 1 aliphatic rings. The van der Waals surface area contributed by atoms with Gasteiger partial charge in [-0.05, 0) is 18.3 Å². The van der Waals surface area contributed by atoms with E-state index in [1.165, 1.54) is 0 Å². The van der Waals surface area contributed by atoms with Gasteiger partial charge in [-0.3, -0.25) is 4.79 Å². The highest BCUT2D eigenvalue weighted by Crippen LogP contribution is 2.42. The van der Waals surface area contributed by atoms with Crippen molar-refractivity contribution < 1.29 is 19.8 Å². The molecule has 1 aliphatic carbocycles. The molecule has 92 valence electrons. The summed E-state index contributed by atoms with van der Waals surface area (Å²) in [7, 11) is 0. The van der Waals surface area contributed by atoms with Gasteiger partial charge in [0.05, 0.1) is 6.61 Å². The van der Waals surface area contributed by atoms with Gasteiger partial charge in [-0.25, -0.2) is 4.79 Å². The number of aliphatic hydroxyl groups excluding tert-OH is 1. The predicted molar refractivity (Wildman–Crippen MR) is 57.8 cm³/mol. The highest BCUT2D eigenvalue weighted by atomic mass is 16.4. The van der Waals surface area contributed by atoms with E-state index in [0.29, 0.717) is 0 Å². The largest absolute Gasteiger partial charge is 0.480 e. The van der Waals surface area contributed by atoms with Crippen LogP contribution in [0.3, 0.4) is 0 Å². The molecular formula is C11H19NO4. The van der Waals surface area contributed by atoms with Gasteiger partial charge in [-0.15, -0.1) is 0 Å². The van der Waals surface area contributed by atoms with Crippen molar-refractivity contribution in [3.8, 4) is 0 Å². The molecule has 3 N–H and O–H groups in total. The van der Waals surface area contributed by atoms with Crippen molar-refractivity contribution in [3.05, 3.63) is 0 Å². The molecular weight excluding hydrogens is 210 g/mol. The van der Waals surface area contributed by atoms with Crippen LogP contribution in [0.5, 0.6) is 0 Å². The Bertz CT molecular complexity index is 288. The maximum atomic E-state index is 11.8. The minimum Gasteiger partial charge on any atom is -0.480 e. The van der Waals surface area contributed by atoms with Gasteiger partial charge in [-0.2, -0.15) is 0 Å². The Kier molecular flexibility index (Phi) is 3.91. The van der Waals surface area contributed by atoms with E-state index in [0.717, 1.165) is 19.3 Å². The summed E-state index contributed by atoms with van der Waals surface area (Å²) in [5, 5.41) is 19.9. The first-order chi connectivity index (χ1) is 7.38. The maximum Gasteiger partial charge on any atom is 0.328 e. The van der Waals surface area contributed by atoms with E-state index in [-0.39, 0.29) is 17.2 Å². The number of aliphatic carboxylic acids is 1. The van der Waals surface area contributed by atoms with Crippen molar-refractivity contribution in [2.24, 2.45) is 11.3 Å². The summed E-state index contributed by atoms with van der Waals surface area (Å²) in [5.74, 6) is -1.61. The van der Waals surface area contributed by atoms with Crippen LogP contribution < -0.4 is 5.32 Å². The molecule has 1 saturated carbocycles. The minimum absolute atomic E-state index is 0.0808. The lowest BCUT2D eigenvalue weighted by Crippen LogP contribution is -2.47. The molecule has 2 atom stereocenters. The van der Waals surface area contributed by atoms with E-state index in [9.17, 15) is 9.59 Å². The highest BCUT2D eigenvalue weighted by molar-refractivity contribution is 5.85. The van der Waals surface area contributed by atoms with E-state index in [1.54, 1.807) is 0 Å². The van der Waals surface area contributed by atoms with Crippen LogP contribution in [0.25, 0.3) is 0 Å². The summed E-state index contributed by atoms with van der Waals surface area (Å²) in [5.41, 5.74) is -0.0808. The Morgan fingerprint density at radius 2 is 2.12 bits per heavy atom. The third kappa shape index (κ3) is 2.72. The number of aliphatic hydroxyl groups is 1. The SMILES string of the molecule is CC1(C)CCCC1C(=O)NC(CO)C(=O)O. The van der Waals surface area contributed by atoms with Crippen molar-refractivity contribution >= 4 is 11.9 Å². The first-order valence-electron chi connectivity index (χ1n) is 5.52. The van der Waals surface area contributed by atoms with Crippen LogP contribution in [0.15, 0.2) is 0 Å². The van der Waals surface area contributed by atoms with Crippen molar-refractivity contribution in [1.82, 2.24) is 5.32 Å². The Hall–Kier alpha value is -1.10. The van der Waals surface area contributed by atoms with Crippen LogP contribution in [0.2, 0.25) is 0 Å². The van der Waals surface area contributed by atoms with E-state index in [2.05, 4.69) is 5.32 Å². The Labute approximate surface area is 94.8 Å². The van der Waals surface area contributed by atoms with E-state index in [4.69, 9.17) is 10.2 Å². The quantitative estimate of drug-likeness (QED) is 0.650. The highest BCUT2D eigenvalue weighted by Gasteiger charge is 2.40. The van der Waals surface area contributed by atoms with Crippen molar-refractivity contribution in [2.75, 3.05) is 6.61 Å². The Morgan fingerprint density at radius 1 is 1.50 bits per heavy atom. The number of carboxylic acid groups (broad SMARTS) is 1. The average molecular weight is 229 g/mol. The smallest absolute Gasteiger partial charge is 0.328 e. The van der Waals surface area contributed by atoms with Gasteiger partial charge in [-0.1, -0.05) is 20.3 Å². The number of rotatable bonds is 4. The summed E-state index contributed by atoms with van der Waals surface area (Å²) < 4.78 is 0. The van der Waals surface area contributed by atoms with Gasteiger partial charge in [0.2, 0.25) is 5.91 Å². The molecule has 5 heteroatoms. The van der Waals surface area contributed by atoms with Crippen LogP contribution in [-0.2, 0) is 9.59 Å². The molecule has 0 saturated heterocycles. The van der Waals surface area contributed by atoms with Crippen LogP contribution in [0.4, 0.5) is 0 Å². The fourth-order valence-corrected chi connectivity index (χ4v) is 2.27. The summed E-state index contributed by atoms with van der Waals surface area (Å²) >= 11 is 0. The van der Waals surface area contributed by atoms with Gasteiger partial charge >= 0.3 is 5.97 Å². The molecule has 1 rings (SSSR count). The molecule has 0 spiro atoms. The number of carbonyl (C=O) groups excluding carboxylic acids is 1. The molecule has 0 aromatic rings. The Balaban J connectivity index is 2.61. The monoisotopic (exact) mass is 229 g/mol. The lowest BCUT2D eigenvalue weighted by molar-refractivity contribution is -0.144. The normalized spacial score (nSPS) is 25.1. The van der Waals surface area contributed by atoms with E-state index < -0.39 is 18.6 Å². The molecule has 1 amide bonds. The molecule has 2 unspecified atom stereocenters. The van der Waals surface area contributed by atoms with Gasteiger partial charge in [0.25, 0.3) is 0 Å². The third-order valence-corrected chi connectivity index (χ3v) is 3.37. The average Bonchev–Trinajstić information content (AvgIpc) is 2.53. The van der Waals surface area contributed by atoms with E-state index in [1.807, 2.05) is 13.8 Å². The summed E-state index contributed by atoms with van der Waals surface area (Å²) in [6, 6.07) is -1.19. The third-order valence-electron chi connectivity index (χ3n) is 3.37. The second kappa shape index (κ2) is 4.82. The summed E-state index contributed by atoms with van der Waals surface area (Å²) in [4.78, 5) is 22.5. The van der Waals surface area contributed by atoms with E-state index >= 15 is 0 Å². The minimum atomic E-state index is -1.20. The van der Waals surface area contributed by atoms with Crippen LogP contribution in [-0.4, -0.2) is 34.7 Å². The van der Waals surface area contributed by atoms with Gasteiger partial charge < -0.3 is 15.5 Å². The Morgan fingerprint density at radius 3 is 2.50 bits per heavy atom. The first-order valence-corrected chi connectivity index (χ1v) is 5.52. The fraction of sp³-hybridized carbons (Fsp3) is 0.818. The molecule has 0 aromatic heterocycles. The number of hydrogen-bond donors (Lipinski definition) is 3. The van der Waals surface area contributed by atoms with Gasteiger partial charge in [0.1, 0.15) is 6.04 Å². The number of hydrogen-bond acceptors (Lipinski definition) is 3. The van der Waals surface area contributed by atoms with Crippen molar-refractivity contribution in [2.45, 2.75) is 39.2 Å². The van der Waals surface area contributed by atoms with Crippen LogP contribution in [0.1, 0.15) is 33.1 Å². The molecule has 0 radical (unpaired) electrons. The lowest BCUT2D eigenvalue weighted by atomic mass is 9.81. The van der Waals surface area contributed by atoms with Crippen molar-refractivity contribution in [3.63, 3.8) is 0 Å². The lowest BCUT2D eigenvalue weighted by Gasteiger charge is -2.26. The molecule has 0 aromatic carbocycles. The molecule has 1 fully saturated rings. The zero-order valence-electron chi connectivity index (χ0n) is 9.69. The number of carboxylic acids is 1. The van der Waals surface area contributed by atoms with Crippen LogP contribution >= 0.6 is 0 Å². The fourth-order valence-electron chi connectivity index (χ4n) is 2.27. The number of nitrogens with one attached hydrogen (secondary N) is 1. The summed E-state index contributed by atoms with van der Waals surface area (Å²) in [6.45, 7) is 3.45. The second-order valence-electron chi connectivity index (χ2n) is 5.02. The van der Waals surface area contributed by atoms with Gasteiger partial charge in [0, 0.05) is 5.92 Å². The standard InChI is InChI=1S/C11H19NO4/c1-11(2)5-3-4-7(11)9(14)12-8(6-13)10(15)16/h7-8,13H,3-6H2,1-2H3,(H,12,14)(H,15,16). The molecule has 0 heterocycles. The molecule has 0 bridgehead atoms.